The van der Waals surface area contributed by atoms with Crippen molar-refractivity contribution in [3.05, 3.63) is 29.8 Å². The molecule has 1 amide bonds. The number of hydrogen-bond donors (Lipinski definition) is 2. The third-order valence-corrected chi connectivity index (χ3v) is 5.21. The summed E-state index contributed by atoms with van der Waals surface area (Å²) >= 11 is 0. The van der Waals surface area contributed by atoms with Crippen LogP contribution in [0.2, 0.25) is 0 Å². The zero-order chi connectivity index (χ0) is 17.6. The first-order chi connectivity index (χ1) is 11.4. The molecule has 1 fully saturated rings. The number of carbonyl (C=O) groups excluding carboxylic acids is 1. The van der Waals surface area contributed by atoms with E-state index in [1.807, 2.05) is 0 Å². The Kier molecular flexibility index (Phi) is 8.70. The van der Waals surface area contributed by atoms with Crippen molar-refractivity contribution in [3.63, 3.8) is 0 Å². The van der Waals surface area contributed by atoms with Gasteiger partial charge in [0.25, 0.3) is 0 Å². The highest BCUT2D eigenvalue weighted by molar-refractivity contribution is 7.91. The lowest BCUT2D eigenvalue weighted by molar-refractivity contribution is -0.120. The summed E-state index contributed by atoms with van der Waals surface area (Å²) in [7, 11) is -4.59. The predicted molar refractivity (Wildman–Crippen MR) is 92.9 cm³/mol. The standard InChI is InChI=1S/C15H21F2N3O3S.ClH/c16-15(17)24(22,23)13-3-1-12(2-4-13)11-14(21)19-7-10-20-8-5-18-6-9-20;/h1-4,15,18H,5-11H2,(H,19,21);1H. The molecule has 0 bridgehead atoms. The van der Waals surface area contributed by atoms with E-state index in [0.717, 1.165) is 44.9 Å². The molecule has 2 rings (SSSR count). The second-order valence-corrected chi connectivity index (χ2v) is 7.49. The first-order valence-corrected chi connectivity index (χ1v) is 9.25. The van der Waals surface area contributed by atoms with Gasteiger partial charge in [-0.05, 0) is 17.7 Å². The number of piperazine rings is 1. The van der Waals surface area contributed by atoms with Crippen LogP contribution in [0.3, 0.4) is 0 Å². The fourth-order valence-electron chi connectivity index (χ4n) is 2.44. The number of benzene rings is 1. The highest BCUT2D eigenvalue weighted by atomic mass is 35.5. The molecule has 0 spiro atoms. The van der Waals surface area contributed by atoms with Crippen molar-refractivity contribution in [3.8, 4) is 0 Å². The summed E-state index contributed by atoms with van der Waals surface area (Å²) < 4.78 is 47.5. The maximum Gasteiger partial charge on any atom is 0.341 e. The van der Waals surface area contributed by atoms with Crippen molar-refractivity contribution in [2.45, 2.75) is 17.1 Å². The van der Waals surface area contributed by atoms with E-state index in [-0.39, 0.29) is 24.7 Å². The van der Waals surface area contributed by atoms with E-state index in [1.54, 1.807) is 0 Å². The highest BCUT2D eigenvalue weighted by Gasteiger charge is 2.26. The number of halogens is 3. The first kappa shape index (κ1) is 21.8. The van der Waals surface area contributed by atoms with Crippen molar-refractivity contribution in [2.24, 2.45) is 0 Å². The van der Waals surface area contributed by atoms with Crippen LogP contribution >= 0.6 is 12.4 Å². The maximum absolute atomic E-state index is 12.4. The van der Waals surface area contributed by atoms with Crippen LogP contribution in [0.4, 0.5) is 8.78 Å². The molecule has 1 aliphatic heterocycles. The number of alkyl halides is 2. The minimum atomic E-state index is -4.59. The second kappa shape index (κ2) is 10.0. The van der Waals surface area contributed by atoms with E-state index in [9.17, 15) is 22.0 Å². The average molecular weight is 398 g/mol. The molecule has 0 atom stereocenters. The Balaban J connectivity index is 0.00000312. The predicted octanol–water partition coefficient (Wildman–Crippen LogP) is 0.669. The summed E-state index contributed by atoms with van der Waals surface area (Å²) in [6.07, 6.45) is 0.0799. The fourth-order valence-corrected chi connectivity index (χ4v) is 3.16. The van der Waals surface area contributed by atoms with Gasteiger partial charge in [-0.1, -0.05) is 12.1 Å². The minimum absolute atomic E-state index is 0. The summed E-state index contributed by atoms with van der Waals surface area (Å²) in [6.45, 7) is 5.12. The number of nitrogens with one attached hydrogen (secondary N) is 2. The first-order valence-electron chi connectivity index (χ1n) is 7.70. The molecule has 1 aromatic carbocycles. The molecule has 0 aromatic heterocycles. The van der Waals surface area contributed by atoms with E-state index in [4.69, 9.17) is 0 Å². The smallest absolute Gasteiger partial charge is 0.341 e. The van der Waals surface area contributed by atoms with E-state index >= 15 is 0 Å². The zero-order valence-electron chi connectivity index (χ0n) is 13.6. The minimum Gasteiger partial charge on any atom is -0.355 e. The fraction of sp³-hybridized carbons (Fsp3) is 0.533. The Labute approximate surface area is 152 Å². The van der Waals surface area contributed by atoms with Crippen LogP contribution in [-0.4, -0.2) is 64.3 Å². The van der Waals surface area contributed by atoms with Crippen LogP contribution in [-0.2, 0) is 21.1 Å². The van der Waals surface area contributed by atoms with Crippen LogP contribution in [0.15, 0.2) is 29.2 Å². The monoisotopic (exact) mass is 397 g/mol. The lowest BCUT2D eigenvalue weighted by Crippen LogP contribution is -2.46. The SMILES string of the molecule is Cl.O=C(Cc1ccc(S(=O)(=O)C(F)F)cc1)NCCN1CCNCC1. The van der Waals surface area contributed by atoms with E-state index in [1.165, 1.54) is 12.1 Å². The molecule has 2 N–H and O–H groups in total. The van der Waals surface area contributed by atoms with Crippen molar-refractivity contribution >= 4 is 28.2 Å². The van der Waals surface area contributed by atoms with Gasteiger partial charge in [0.05, 0.1) is 11.3 Å². The van der Waals surface area contributed by atoms with Gasteiger partial charge in [0.1, 0.15) is 0 Å². The summed E-state index contributed by atoms with van der Waals surface area (Å²) in [5.74, 6) is -3.63. The highest BCUT2D eigenvalue weighted by Crippen LogP contribution is 2.18. The van der Waals surface area contributed by atoms with Crippen LogP contribution < -0.4 is 10.6 Å². The molecule has 0 aliphatic carbocycles. The number of carbonyl (C=O) groups is 1. The van der Waals surface area contributed by atoms with Crippen molar-refractivity contribution in [1.29, 1.82) is 0 Å². The number of amides is 1. The van der Waals surface area contributed by atoms with Crippen LogP contribution in [0.5, 0.6) is 0 Å². The van der Waals surface area contributed by atoms with Crippen molar-refractivity contribution in [1.82, 2.24) is 15.5 Å². The quantitative estimate of drug-likeness (QED) is 0.707. The maximum atomic E-state index is 12.4. The van der Waals surface area contributed by atoms with Crippen LogP contribution in [0, 0.1) is 0 Å². The van der Waals surface area contributed by atoms with Gasteiger partial charge in [-0.2, -0.15) is 8.78 Å². The molecule has 6 nitrogen and oxygen atoms in total. The van der Waals surface area contributed by atoms with Gasteiger partial charge in [0.2, 0.25) is 15.7 Å². The average Bonchev–Trinajstić information content (AvgIpc) is 2.56. The van der Waals surface area contributed by atoms with Crippen molar-refractivity contribution in [2.75, 3.05) is 39.3 Å². The lowest BCUT2D eigenvalue weighted by atomic mass is 10.1. The molecule has 142 valence electrons. The van der Waals surface area contributed by atoms with Gasteiger partial charge in [-0.15, -0.1) is 12.4 Å². The van der Waals surface area contributed by atoms with Gasteiger partial charge in [0.15, 0.2) is 0 Å². The van der Waals surface area contributed by atoms with E-state index in [0.29, 0.717) is 12.1 Å². The third kappa shape index (κ3) is 6.50. The molecule has 1 heterocycles. The molecule has 0 unspecified atom stereocenters. The Hall–Kier alpha value is -1.29. The second-order valence-electron chi connectivity index (χ2n) is 5.57. The van der Waals surface area contributed by atoms with Gasteiger partial charge >= 0.3 is 5.76 Å². The van der Waals surface area contributed by atoms with Crippen LogP contribution in [0.1, 0.15) is 5.56 Å². The molecule has 0 saturated carbocycles. The number of sulfone groups is 1. The Morgan fingerprint density at radius 2 is 1.80 bits per heavy atom. The summed E-state index contributed by atoms with van der Waals surface area (Å²) in [4.78, 5) is 13.7. The topological polar surface area (TPSA) is 78.5 Å². The number of rotatable bonds is 7. The molecule has 25 heavy (non-hydrogen) atoms. The zero-order valence-corrected chi connectivity index (χ0v) is 15.2. The summed E-state index contributed by atoms with van der Waals surface area (Å²) in [5.41, 5.74) is 0.572. The normalized spacial score (nSPS) is 15.6. The Bertz CT molecular complexity index is 650. The molecule has 1 aliphatic rings. The van der Waals surface area contributed by atoms with Gasteiger partial charge in [-0.25, -0.2) is 8.42 Å². The molecular formula is C15H22ClF2N3O3S. The van der Waals surface area contributed by atoms with Crippen LogP contribution in [0.25, 0.3) is 0 Å². The molecular weight excluding hydrogens is 376 g/mol. The van der Waals surface area contributed by atoms with E-state index < -0.39 is 20.5 Å². The third-order valence-electron chi connectivity index (χ3n) is 3.81. The lowest BCUT2D eigenvalue weighted by Gasteiger charge is -2.27. The summed E-state index contributed by atoms with van der Waals surface area (Å²) in [6, 6.07) is 4.96. The van der Waals surface area contributed by atoms with Gasteiger partial charge in [0, 0.05) is 39.3 Å². The van der Waals surface area contributed by atoms with Gasteiger partial charge < -0.3 is 10.6 Å². The van der Waals surface area contributed by atoms with Crippen molar-refractivity contribution < 1.29 is 22.0 Å². The molecule has 0 radical (unpaired) electrons. The molecule has 1 saturated heterocycles. The summed E-state index contributed by atoms with van der Waals surface area (Å²) in [5, 5.41) is 6.05. The number of hydrogen-bond acceptors (Lipinski definition) is 5. The molecule has 1 aromatic rings. The Morgan fingerprint density at radius 3 is 2.36 bits per heavy atom. The Morgan fingerprint density at radius 1 is 1.20 bits per heavy atom. The number of nitrogens with zero attached hydrogens (tertiary/aromatic N) is 1. The van der Waals surface area contributed by atoms with E-state index in [2.05, 4.69) is 15.5 Å². The molecule has 10 heteroatoms. The largest absolute Gasteiger partial charge is 0.355 e. The van der Waals surface area contributed by atoms with Gasteiger partial charge in [-0.3, -0.25) is 9.69 Å².